The number of rotatable bonds is 6. The van der Waals surface area contributed by atoms with Gasteiger partial charge in [0.2, 0.25) is 5.91 Å². The van der Waals surface area contributed by atoms with Crippen LogP contribution in [0.15, 0.2) is 48.5 Å². The zero-order valence-electron chi connectivity index (χ0n) is 19.7. The SMILES string of the molecule is O=C(NC1CCCCC1C(=O)N[C@H]1CCC[C@H]1C(=O)O)OCC1c2ccccc2-c2ccccc21. The van der Waals surface area contributed by atoms with Crippen LogP contribution in [0.1, 0.15) is 62.0 Å². The highest BCUT2D eigenvalue weighted by Crippen LogP contribution is 2.44. The lowest BCUT2D eigenvalue weighted by atomic mass is 9.83. The van der Waals surface area contributed by atoms with Gasteiger partial charge in [-0.25, -0.2) is 4.79 Å². The highest BCUT2D eigenvalue weighted by molar-refractivity contribution is 5.82. The van der Waals surface area contributed by atoms with E-state index in [9.17, 15) is 19.5 Å². The Kier molecular flexibility index (Phi) is 6.75. The first-order valence-corrected chi connectivity index (χ1v) is 12.7. The van der Waals surface area contributed by atoms with Crippen molar-refractivity contribution < 1.29 is 24.2 Å². The van der Waals surface area contributed by atoms with Crippen molar-refractivity contribution >= 4 is 18.0 Å². The molecule has 2 unspecified atom stereocenters. The van der Waals surface area contributed by atoms with Gasteiger partial charge in [0.25, 0.3) is 0 Å². The number of aliphatic carboxylic acids is 1. The molecule has 7 heteroatoms. The van der Waals surface area contributed by atoms with E-state index < -0.39 is 18.0 Å². The zero-order chi connectivity index (χ0) is 24.4. The molecule has 2 aromatic rings. The standard InChI is InChI=1S/C28H32N2O5/c31-26(29-25-15-7-13-22(25)27(32)33)21-12-5-6-14-24(21)30-28(34)35-16-23-19-10-3-1-8-17(19)18-9-2-4-11-20(18)23/h1-4,8-11,21-25H,5-7,12-16H2,(H,29,31)(H,30,34)(H,32,33)/t21?,22-,24?,25+/m1/s1. The second-order valence-electron chi connectivity index (χ2n) is 9.96. The summed E-state index contributed by atoms with van der Waals surface area (Å²) < 4.78 is 5.69. The molecule has 0 bridgehead atoms. The van der Waals surface area contributed by atoms with Gasteiger partial charge in [0.1, 0.15) is 6.61 Å². The van der Waals surface area contributed by atoms with Crippen molar-refractivity contribution in [3.8, 4) is 11.1 Å². The van der Waals surface area contributed by atoms with Crippen LogP contribution in [0.5, 0.6) is 0 Å². The molecule has 0 spiro atoms. The normalized spacial score (nSPS) is 25.4. The minimum absolute atomic E-state index is 0.0195. The number of fused-ring (bicyclic) bond motifs is 3. The second kappa shape index (κ2) is 10.1. The number of carbonyl (C=O) groups excluding carboxylic acids is 2. The number of benzene rings is 2. The molecule has 2 amide bonds. The molecule has 0 radical (unpaired) electrons. The van der Waals surface area contributed by atoms with Crippen LogP contribution < -0.4 is 10.6 Å². The average Bonchev–Trinajstić information content (AvgIpc) is 3.46. The number of carboxylic acid groups (broad SMARTS) is 1. The van der Waals surface area contributed by atoms with Crippen LogP contribution in [0.4, 0.5) is 4.79 Å². The van der Waals surface area contributed by atoms with Crippen LogP contribution >= 0.6 is 0 Å². The van der Waals surface area contributed by atoms with Crippen LogP contribution in [-0.4, -0.2) is 41.8 Å². The molecule has 7 nitrogen and oxygen atoms in total. The largest absolute Gasteiger partial charge is 0.481 e. The fraction of sp³-hybridized carbons (Fsp3) is 0.464. The van der Waals surface area contributed by atoms with E-state index >= 15 is 0 Å². The monoisotopic (exact) mass is 476 g/mol. The van der Waals surface area contributed by atoms with E-state index in [0.717, 1.165) is 30.4 Å². The van der Waals surface area contributed by atoms with Crippen molar-refractivity contribution in [1.29, 1.82) is 0 Å². The van der Waals surface area contributed by atoms with Crippen molar-refractivity contribution in [3.05, 3.63) is 59.7 Å². The first-order valence-electron chi connectivity index (χ1n) is 12.7. The molecule has 4 atom stereocenters. The van der Waals surface area contributed by atoms with Crippen molar-refractivity contribution in [2.24, 2.45) is 11.8 Å². The fourth-order valence-electron chi connectivity index (χ4n) is 6.13. The van der Waals surface area contributed by atoms with E-state index in [1.807, 2.05) is 24.3 Å². The highest BCUT2D eigenvalue weighted by atomic mass is 16.5. The van der Waals surface area contributed by atoms with Crippen molar-refractivity contribution in [1.82, 2.24) is 10.6 Å². The predicted octanol–water partition coefficient (Wildman–Crippen LogP) is 4.45. The quantitative estimate of drug-likeness (QED) is 0.571. The van der Waals surface area contributed by atoms with E-state index in [0.29, 0.717) is 25.7 Å². The molecule has 3 aliphatic carbocycles. The Labute approximate surface area is 205 Å². The molecule has 2 fully saturated rings. The molecular formula is C28H32N2O5. The number of alkyl carbamates (subject to hydrolysis) is 1. The summed E-state index contributed by atoms with van der Waals surface area (Å²) in [6.07, 6.45) is 4.77. The molecule has 0 saturated heterocycles. The van der Waals surface area contributed by atoms with Crippen LogP contribution in [0.25, 0.3) is 11.1 Å². The van der Waals surface area contributed by atoms with E-state index in [2.05, 4.69) is 34.9 Å². The molecule has 0 aromatic heterocycles. The number of carboxylic acids is 1. The van der Waals surface area contributed by atoms with Crippen LogP contribution in [-0.2, 0) is 14.3 Å². The Bertz CT molecular complexity index is 1070. The maximum Gasteiger partial charge on any atom is 0.407 e. The van der Waals surface area contributed by atoms with Gasteiger partial charge >= 0.3 is 12.1 Å². The van der Waals surface area contributed by atoms with Gasteiger partial charge in [0.15, 0.2) is 0 Å². The third-order valence-electron chi connectivity index (χ3n) is 7.91. The number of amides is 2. The predicted molar refractivity (Wildman–Crippen MR) is 131 cm³/mol. The first kappa shape index (κ1) is 23.4. The van der Waals surface area contributed by atoms with Gasteiger partial charge in [-0.15, -0.1) is 0 Å². The molecule has 0 heterocycles. The molecule has 35 heavy (non-hydrogen) atoms. The van der Waals surface area contributed by atoms with E-state index in [4.69, 9.17) is 4.74 Å². The first-order chi connectivity index (χ1) is 17.0. The molecule has 2 aromatic carbocycles. The summed E-state index contributed by atoms with van der Waals surface area (Å²) in [4.78, 5) is 37.4. The van der Waals surface area contributed by atoms with Gasteiger partial charge < -0.3 is 20.5 Å². The summed E-state index contributed by atoms with van der Waals surface area (Å²) in [6.45, 7) is 0.228. The second-order valence-corrected chi connectivity index (χ2v) is 9.96. The van der Waals surface area contributed by atoms with Crippen molar-refractivity contribution in [2.45, 2.75) is 62.9 Å². The summed E-state index contributed by atoms with van der Waals surface area (Å²) in [7, 11) is 0. The summed E-state index contributed by atoms with van der Waals surface area (Å²) >= 11 is 0. The third kappa shape index (κ3) is 4.77. The highest BCUT2D eigenvalue weighted by Gasteiger charge is 2.38. The Morgan fingerprint density at radius 1 is 0.771 bits per heavy atom. The molecule has 5 rings (SSSR count). The molecule has 184 valence electrons. The Balaban J connectivity index is 1.21. The average molecular weight is 477 g/mol. The third-order valence-corrected chi connectivity index (χ3v) is 7.91. The Morgan fingerprint density at radius 3 is 2.03 bits per heavy atom. The molecule has 3 N–H and O–H groups in total. The summed E-state index contributed by atoms with van der Waals surface area (Å²) in [5, 5.41) is 15.3. The Hall–Kier alpha value is -3.35. The number of nitrogens with one attached hydrogen (secondary N) is 2. The van der Waals surface area contributed by atoms with Crippen molar-refractivity contribution in [3.63, 3.8) is 0 Å². The van der Waals surface area contributed by atoms with Gasteiger partial charge in [-0.1, -0.05) is 67.8 Å². The minimum Gasteiger partial charge on any atom is -0.481 e. The van der Waals surface area contributed by atoms with Gasteiger partial charge in [0.05, 0.1) is 11.8 Å². The lowest BCUT2D eigenvalue weighted by molar-refractivity contribution is -0.142. The summed E-state index contributed by atoms with van der Waals surface area (Å²) in [5.41, 5.74) is 4.65. The van der Waals surface area contributed by atoms with Gasteiger partial charge in [-0.3, -0.25) is 9.59 Å². The number of hydrogen-bond donors (Lipinski definition) is 3. The van der Waals surface area contributed by atoms with E-state index in [1.54, 1.807) is 0 Å². The smallest absolute Gasteiger partial charge is 0.407 e. The molecule has 3 aliphatic rings. The fourth-order valence-corrected chi connectivity index (χ4v) is 6.13. The van der Waals surface area contributed by atoms with Crippen LogP contribution in [0.3, 0.4) is 0 Å². The zero-order valence-corrected chi connectivity index (χ0v) is 19.7. The molecule has 2 saturated carbocycles. The minimum atomic E-state index is -0.857. The van der Waals surface area contributed by atoms with Crippen LogP contribution in [0.2, 0.25) is 0 Å². The maximum atomic E-state index is 13.1. The van der Waals surface area contributed by atoms with Crippen molar-refractivity contribution in [2.75, 3.05) is 6.61 Å². The van der Waals surface area contributed by atoms with E-state index in [1.165, 1.54) is 11.1 Å². The lowest BCUT2D eigenvalue weighted by Gasteiger charge is -2.32. The number of ether oxygens (including phenoxy) is 1. The van der Waals surface area contributed by atoms with Gasteiger partial charge in [-0.05, 0) is 47.9 Å². The topological polar surface area (TPSA) is 105 Å². The Morgan fingerprint density at radius 2 is 1.34 bits per heavy atom. The number of hydrogen-bond acceptors (Lipinski definition) is 4. The van der Waals surface area contributed by atoms with E-state index in [-0.39, 0.29) is 36.4 Å². The van der Waals surface area contributed by atoms with Gasteiger partial charge in [-0.2, -0.15) is 0 Å². The number of carbonyl (C=O) groups is 3. The summed E-state index contributed by atoms with van der Waals surface area (Å²) in [6, 6.07) is 15.7. The van der Waals surface area contributed by atoms with Gasteiger partial charge in [0, 0.05) is 18.0 Å². The maximum absolute atomic E-state index is 13.1. The summed E-state index contributed by atoms with van der Waals surface area (Å²) in [5.74, 6) is -1.94. The molecule has 0 aliphatic heterocycles. The molecular weight excluding hydrogens is 444 g/mol. The van der Waals surface area contributed by atoms with Crippen LogP contribution in [0, 0.1) is 11.8 Å². The lowest BCUT2D eigenvalue weighted by Crippen LogP contribution is -2.51.